The number of carbonyl (C=O) groups excluding carboxylic acids is 1. The molecule has 0 saturated heterocycles. The van der Waals surface area contributed by atoms with Gasteiger partial charge >= 0.3 is 5.97 Å². The van der Waals surface area contributed by atoms with E-state index >= 15 is 0 Å². The molecule has 1 aliphatic rings. The number of hydrogen-bond acceptors (Lipinski definition) is 2. The molecule has 3 heteroatoms. The number of ether oxygens (including phenoxy) is 1. The first-order valence-electron chi connectivity index (χ1n) is 5.45. The lowest BCUT2D eigenvalue weighted by molar-refractivity contribution is -0.138. The number of hydrogen-bond donors (Lipinski definition) is 1. The molecular weight excluding hydrogens is 214 g/mol. The molecule has 84 valence electrons. The summed E-state index contributed by atoms with van der Waals surface area (Å²) in [7, 11) is 0. The Morgan fingerprint density at radius 1 is 1.18 bits per heavy atom. The Kier molecular flexibility index (Phi) is 2.29. The smallest absolute Gasteiger partial charge is 0.339 e. The van der Waals surface area contributed by atoms with E-state index in [2.05, 4.69) is 4.98 Å². The van der Waals surface area contributed by atoms with Gasteiger partial charge in [0.15, 0.2) is 0 Å². The molecule has 17 heavy (non-hydrogen) atoms. The molecule has 0 spiro atoms. The van der Waals surface area contributed by atoms with Gasteiger partial charge in [-0.2, -0.15) is 0 Å². The highest BCUT2D eigenvalue weighted by Crippen LogP contribution is 2.27. The number of carbonyl (C=O) groups is 1. The van der Waals surface area contributed by atoms with Crippen LogP contribution in [0.2, 0.25) is 0 Å². The van der Waals surface area contributed by atoms with Crippen LogP contribution in [0.15, 0.2) is 42.6 Å². The van der Waals surface area contributed by atoms with Crippen LogP contribution in [0.3, 0.4) is 0 Å². The molecule has 1 aromatic heterocycles. The lowest BCUT2D eigenvalue weighted by atomic mass is 9.97. The minimum atomic E-state index is -0.265. The second-order valence-corrected chi connectivity index (χ2v) is 3.92. The summed E-state index contributed by atoms with van der Waals surface area (Å²) in [5.41, 5.74) is 3.51. The van der Waals surface area contributed by atoms with Crippen molar-refractivity contribution in [2.45, 2.75) is 6.61 Å². The number of fused-ring (bicyclic) bond motifs is 1. The van der Waals surface area contributed by atoms with Crippen LogP contribution in [-0.4, -0.2) is 11.0 Å². The molecule has 2 aromatic rings. The van der Waals surface area contributed by atoms with Gasteiger partial charge in [-0.25, -0.2) is 4.79 Å². The van der Waals surface area contributed by atoms with Gasteiger partial charge in [0, 0.05) is 11.9 Å². The average molecular weight is 225 g/mol. The zero-order chi connectivity index (χ0) is 11.7. The topological polar surface area (TPSA) is 42.1 Å². The van der Waals surface area contributed by atoms with Crippen LogP contribution in [0.25, 0.3) is 11.6 Å². The van der Waals surface area contributed by atoms with Crippen LogP contribution < -0.4 is 0 Å². The number of benzene rings is 1. The minimum absolute atomic E-state index is 0.265. The van der Waals surface area contributed by atoms with Crippen molar-refractivity contribution in [1.29, 1.82) is 0 Å². The molecule has 0 radical (unpaired) electrons. The van der Waals surface area contributed by atoms with E-state index in [1.807, 2.05) is 48.7 Å². The van der Waals surface area contributed by atoms with Gasteiger partial charge in [-0.3, -0.25) is 0 Å². The maximum Gasteiger partial charge on any atom is 0.339 e. The number of cyclic esters (lactones) is 1. The van der Waals surface area contributed by atoms with E-state index < -0.39 is 0 Å². The molecule has 0 fully saturated rings. The lowest BCUT2D eigenvalue weighted by Crippen LogP contribution is -2.15. The first kappa shape index (κ1) is 9.90. The Balaban J connectivity index is 2.13. The van der Waals surface area contributed by atoms with Crippen molar-refractivity contribution in [3.8, 4) is 0 Å². The van der Waals surface area contributed by atoms with Gasteiger partial charge in [0.2, 0.25) is 0 Å². The van der Waals surface area contributed by atoms with E-state index in [1.54, 1.807) is 0 Å². The molecule has 0 aliphatic carbocycles. The predicted octanol–water partition coefficient (Wildman–Crippen LogP) is 2.61. The van der Waals surface area contributed by atoms with Crippen molar-refractivity contribution in [1.82, 2.24) is 4.98 Å². The Morgan fingerprint density at radius 3 is 2.88 bits per heavy atom. The summed E-state index contributed by atoms with van der Waals surface area (Å²) in [6, 6.07) is 11.6. The van der Waals surface area contributed by atoms with Crippen LogP contribution in [0.4, 0.5) is 0 Å². The molecule has 1 aliphatic heterocycles. The molecule has 3 nitrogen and oxygen atoms in total. The number of H-pyrrole nitrogens is 1. The first-order valence-corrected chi connectivity index (χ1v) is 5.45. The molecule has 1 aromatic carbocycles. The molecule has 2 heterocycles. The Bertz CT molecular complexity index is 582. The highest BCUT2D eigenvalue weighted by Gasteiger charge is 2.22. The molecule has 0 amide bonds. The summed E-state index contributed by atoms with van der Waals surface area (Å²) < 4.78 is 5.14. The van der Waals surface area contributed by atoms with E-state index in [-0.39, 0.29) is 5.97 Å². The summed E-state index contributed by atoms with van der Waals surface area (Å²) in [4.78, 5) is 14.8. The van der Waals surface area contributed by atoms with Crippen LogP contribution in [0, 0.1) is 0 Å². The fourth-order valence-electron chi connectivity index (χ4n) is 1.97. The third-order valence-electron chi connectivity index (χ3n) is 2.81. The number of nitrogens with one attached hydrogen (secondary N) is 1. The van der Waals surface area contributed by atoms with Crippen molar-refractivity contribution in [3.05, 3.63) is 59.4 Å². The third kappa shape index (κ3) is 1.76. The Hall–Kier alpha value is -2.29. The quantitative estimate of drug-likeness (QED) is 0.598. The van der Waals surface area contributed by atoms with E-state index in [4.69, 9.17) is 4.74 Å². The second-order valence-electron chi connectivity index (χ2n) is 3.92. The highest BCUT2D eigenvalue weighted by molar-refractivity contribution is 6.22. The molecule has 0 unspecified atom stereocenters. The zero-order valence-corrected chi connectivity index (χ0v) is 9.14. The molecular formula is C14H11NO2. The summed E-state index contributed by atoms with van der Waals surface area (Å²) in [5.74, 6) is -0.265. The molecule has 0 bridgehead atoms. The Morgan fingerprint density at radius 2 is 2.06 bits per heavy atom. The SMILES string of the molecule is O=C1OCc2ccccc2/C1=C/c1ccc[nH]1. The normalized spacial score (nSPS) is 16.7. The second kappa shape index (κ2) is 3.94. The van der Waals surface area contributed by atoms with E-state index in [0.717, 1.165) is 16.8 Å². The van der Waals surface area contributed by atoms with Crippen molar-refractivity contribution in [2.75, 3.05) is 0 Å². The predicted molar refractivity (Wildman–Crippen MR) is 64.9 cm³/mol. The zero-order valence-electron chi connectivity index (χ0n) is 9.14. The third-order valence-corrected chi connectivity index (χ3v) is 2.81. The summed E-state index contributed by atoms with van der Waals surface area (Å²) in [6.07, 6.45) is 3.65. The van der Waals surface area contributed by atoms with Gasteiger partial charge in [-0.05, 0) is 29.3 Å². The maximum atomic E-state index is 11.8. The minimum Gasteiger partial charge on any atom is -0.457 e. The van der Waals surface area contributed by atoms with Gasteiger partial charge in [-0.1, -0.05) is 24.3 Å². The van der Waals surface area contributed by atoms with Crippen LogP contribution in [-0.2, 0) is 16.1 Å². The fourth-order valence-corrected chi connectivity index (χ4v) is 1.97. The van der Waals surface area contributed by atoms with Gasteiger partial charge in [0.1, 0.15) is 6.61 Å². The Labute approximate surface area is 98.7 Å². The summed E-state index contributed by atoms with van der Waals surface area (Å²) in [6.45, 7) is 0.358. The molecule has 1 N–H and O–H groups in total. The lowest BCUT2D eigenvalue weighted by Gasteiger charge is -2.18. The maximum absolute atomic E-state index is 11.8. The van der Waals surface area contributed by atoms with Crippen LogP contribution in [0.1, 0.15) is 16.8 Å². The number of esters is 1. The molecule has 0 saturated carbocycles. The number of rotatable bonds is 1. The first-order chi connectivity index (χ1) is 8.34. The van der Waals surface area contributed by atoms with Gasteiger partial charge in [0.05, 0.1) is 5.57 Å². The largest absolute Gasteiger partial charge is 0.457 e. The van der Waals surface area contributed by atoms with Crippen molar-refractivity contribution in [2.24, 2.45) is 0 Å². The fraction of sp³-hybridized carbons (Fsp3) is 0.0714. The van der Waals surface area contributed by atoms with Crippen LogP contribution in [0.5, 0.6) is 0 Å². The number of aromatic amines is 1. The average Bonchev–Trinajstić information content (AvgIpc) is 2.86. The summed E-state index contributed by atoms with van der Waals surface area (Å²) in [5, 5.41) is 0. The van der Waals surface area contributed by atoms with Gasteiger partial charge in [0.25, 0.3) is 0 Å². The monoisotopic (exact) mass is 225 g/mol. The van der Waals surface area contributed by atoms with E-state index in [0.29, 0.717) is 12.2 Å². The van der Waals surface area contributed by atoms with Gasteiger partial charge in [-0.15, -0.1) is 0 Å². The van der Waals surface area contributed by atoms with E-state index in [1.165, 1.54) is 0 Å². The summed E-state index contributed by atoms with van der Waals surface area (Å²) >= 11 is 0. The van der Waals surface area contributed by atoms with Crippen LogP contribution >= 0.6 is 0 Å². The van der Waals surface area contributed by atoms with Gasteiger partial charge < -0.3 is 9.72 Å². The van der Waals surface area contributed by atoms with Crippen molar-refractivity contribution in [3.63, 3.8) is 0 Å². The molecule has 3 rings (SSSR count). The highest BCUT2D eigenvalue weighted by atomic mass is 16.5. The van der Waals surface area contributed by atoms with Crippen molar-refractivity contribution >= 4 is 17.6 Å². The van der Waals surface area contributed by atoms with Crippen molar-refractivity contribution < 1.29 is 9.53 Å². The molecule has 0 atom stereocenters. The number of aromatic nitrogens is 1. The standard InChI is InChI=1S/C14H11NO2/c16-14-13(8-11-5-3-7-15-11)12-6-2-1-4-10(12)9-17-14/h1-8,15H,9H2/b13-8-. The van der Waals surface area contributed by atoms with E-state index in [9.17, 15) is 4.79 Å².